The van der Waals surface area contributed by atoms with Gasteiger partial charge in [-0.2, -0.15) is 5.10 Å². The molecule has 0 fully saturated rings. The van der Waals surface area contributed by atoms with Crippen molar-refractivity contribution in [3.8, 4) is 22.5 Å². The van der Waals surface area contributed by atoms with Gasteiger partial charge in [0.1, 0.15) is 12.4 Å². The van der Waals surface area contributed by atoms with Crippen molar-refractivity contribution in [1.29, 1.82) is 0 Å². The SMILES string of the molecule is Cc1cc2c(-c3cn[nH]c3)c3c(nc2cc1F)-c1cc2c(c(=O)n1C3)COC(=O)[C@H]2O. The summed E-state index contributed by atoms with van der Waals surface area (Å²) in [6.07, 6.45) is 1.88. The highest BCUT2D eigenvalue weighted by atomic mass is 19.1. The van der Waals surface area contributed by atoms with Crippen LogP contribution >= 0.6 is 0 Å². The first-order valence-corrected chi connectivity index (χ1v) is 9.67. The van der Waals surface area contributed by atoms with E-state index in [1.165, 1.54) is 6.07 Å². The molecule has 1 atom stereocenters. The maximum Gasteiger partial charge on any atom is 0.340 e. The Bertz CT molecular complexity index is 1490. The smallest absolute Gasteiger partial charge is 0.340 e. The molecule has 8 nitrogen and oxygen atoms in total. The van der Waals surface area contributed by atoms with Crippen LogP contribution in [0, 0.1) is 12.7 Å². The fourth-order valence-electron chi connectivity index (χ4n) is 4.47. The summed E-state index contributed by atoms with van der Waals surface area (Å²) in [6, 6.07) is 4.73. The quantitative estimate of drug-likeness (QED) is 0.405. The molecule has 5 heterocycles. The molecule has 1 aromatic carbocycles. The number of aryl methyl sites for hydroxylation is 1. The number of nitrogens with zero attached hydrogens (tertiary/aromatic N) is 3. The Hall–Kier alpha value is -3.85. The Morgan fingerprint density at radius 1 is 1.26 bits per heavy atom. The molecular weight excluding hydrogens is 403 g/mol. The third-order valence-electron chi connectivity index (χ3n) is 6.02. The first-order chi connectivity index (χ1) is 14.9. The van der Waals surface area contributed by atoms with Crippen LogP contribution in [0.25, 0.3) is 33.4 Å². The van der Waals surface area contributed by atoms with E-state index in [2.05, 4.69) is 15.2 Å². The summed E-state index contributed by atoms with van der Waals surface area (Å²) >= 11 is 0. The first kappa shape index (κ1) is 18.0. The molecule has 9 heteroatoms. The number of carbonyl (C=O) groups excluding carboxylic acids is 1. The summed E-state index contributed by atoms with van der Waals surface area (Å²) in [5, 5.41) is 17.9. The number of rotatable bonds is 1. The highest BCUT2D eigenvalue weighted by Gasteiger charge is 2.35. The van der Waals surface area contributed by atoms with Crippen LogP contribution in [0.3, 0.4) is 0 Å². The molecule has 154 valence electrons. The number of cyclic esters (lactones) is 1. The Morgan fingerprint density at radius 2 is 2.10 bits per heavy atom. The number of carbonyl (C=O) groups is 1. The van der Waals surface area contributed by atoms with E-state index in [0.29, 0.717) is 22.5 Å². The normalized spacial score (nSPS) is 16.7. The number of fused-ring (bicyclic) bond motifs is 5. The van der Waals surface area contributed by atoms with Gasteiger partial charge in [-0.15, -0.1) is 0 Å². The molecule has 2 aliphatic heterocycles. The predicted molar refractivity (Wildman–Crippen MR) is 108 cm³/mol. The number of aliphatic hydroxyl groups is 1. The second-order valence-electron chi connectivity index (χ2n) is 7.78. The number of hydrogen-bond donors (Lipinski definition) is 2. The van der Waals surface area contributed by atoms with Gasteiger partial charge in [0.15, 0.2) is 6.10 Å². The molecule has 0 bridgehead atoms. The predicted octanol–water partition coefficient (Wildman–Crippen LogP) is 2.35. The van der Waals surface area contributed by atoms with Crippen molar-refractivity contribution in [2.24, 2.45) is 0 Å². The van der Waals surface area contributed by atoms with Gasteiger partial charge in [0.2, 0.25) is 0 Å². The molecule has 0 amide bonds. The molecule has 0 saturated heterocycles. The molecule has 2 aliphatic rings. The second-order valence-corrected chi connectivity index (χ2v) is 7.78. The standard InChI is InChI=1S/C22H15FN4O4/c1-9-2-12-16(4-15(9)23)26-19-13(18(12)10-5-24-25-6-10)7-27-17(19)3-11-14(21(27)29)8-31-22(30)20(11)28/h2-6,20,28H,7-8H2,1H3,(H,24,25)/t20-/m0/s1. The molecule has 0 saturated carbocycles. The number of aromatic nitrogens is 4. The fourth-order valence-corrected chi connectivity index (χ4v) is 4.47. The zero-order valence-electron chi connectivity index (χ0n) is 16.3. The number of aromatic amines is 1. The van der Waals surface area contributed by atoms with Crippen molar-refractivity contribution < 1.29 is 19.0 Å². The van der Waals surface area contributed by atoms with Crippen molar-refractivity contribution in [1.82, 2.24) is 19.7 Å². The fraction of sp³-hybridized carbons (Fsp3) is 0.182. The number of esters is 1. The van der Waals surface area contributed by atoms with Gasteiger partial charge in [0, 0.05) is 39.9 Å². The number of hydrogen-bond acceptors (Lipinski definition) is 6. The average molecular weight is 418 g/mol. The van der Waals surface area contributed by atoms with Gasteiger partial charge in [-0.1, -0.05) is 0 Å². The number of aliphatic hydroxyl groups excluding tert-OH is 1. The van der Waals surface area contributed by atoms with Gasteiger partial charge in [0.05, 0.1) is 35.2 Å². The highest BCUT2D eigenvalue weighted by molar-refractivity contribution is 6.00. The van der Waals surface area contributed by atoms with Gasteiger partial charge >= 0.3 is 5.97 Å². The largest absolute Gasteiger partial charge is 0.458 e. The van der Waals surface area contributed by atoms with E-state index < -0.39 is 12.1 Å². The maximum atomic E-state index is 14.4. The van der Waals surface area contributed by atoms with Gasteiger partial charge in [0.25, 0.3) is 5.56 Å². The minimum Gasteiger partial charge on any atom is -0.458 e. The number of benzene rings is 1. The van der Waals surface area contributed by atoms with E-state index in [-0.39, 0.29) is 35.7 Å². The van der Waals surface area contributed by atoms with Crippen molar-refractivity contribution in [3.05, 3.63) is 69.0 Å². The van der Waals surface area contributed by atoms with Gasteiger partial charge < -0.3 is 14.4 Å². The number of pyridine rings is 2. The lowest BCUT2D eigenvalue weighted by Crippen LogP contribution is -2.32. The Kier molecular flexibility index (Phi) is 3.52. The monoisotopic (exact) mass is 418 g/mol. The zero-order chi connectivity index (χ0) is 21.4. The molecule has 0 aliphatic carbocycles. The van der Waals surface area contributed by atoms with Crippen LogP contribution in [0.1, 0.15) is 28.4 Å². The van der Waals surface area contributed by atoms with Crippen LogP contribution in [0.15, 0.2) is 35.4 Å². The van der Waals surface area contributed by atoms with Gasteiger partial charge in [-0.3, -0.25) is 9.89 Å². The van der Waals surface area contributed by atoms with E-state index in [4.69, 9.17) is 4.74 Å². The molecular formula is C22H15FN4O4. The van der Waals surface area contributed by atoms with E-state index in [1.807, 2.05) is 0 Å². The third kappa shape index (κ3) is 2.37. The Morgan fingerprint density at radius 3 is 2.87 bits per heavy atom. The highest BCUT2D eigenvalue weighted by Crippen LogP contribution is 2.42. The van der Waals surface area contributed by atoms with E-state index >= 15 is 0 Å². The van der Waals surface area contributed by atoms with Gasteiger partial charge in [-0.25, -0.2) is 14.2 Å². The van der Waals surface area contributed by atoms with Crippen LogP contribution in [0.2, 0.25) is 0 Å². The molecule has 0 radical (unpaired) electrons. The van der Waals surface area contributed by atoms with Crippen LogP contribution < -0.4 is 5.56 Å². The number of nitrogens with one attached hydrogen (secondary N) is 1. The Labute approximate surface area is 173 Å². The lowest BCUT2D eigenvalue weighted by atomic mass is 9.95. The van der Waals surface area contributed by atoms with E-state index in [0.717, 1.165) is 22.1 Å². The topological polar surface area (TPSA) is 110 Å². The minimum absolute atomic E-state index is 0.185. The molecule has 0 unspecified atom stereocenters. The molecule has 3 aromatic heterocycles. The van der Waals surface area contributed by atoms with Gasteiger partial charge in [-0.05, 0) is 24.6 Å². The summed E-state index contributed by atoms with van der Waals surface area (Å²) in [6.45, 7) is 1.75. The lowest BCUT2D eigenvalue weighted by Gasteiger charge is -2.21. The van der Waals surface area contributed by atoms with Crippen LogP contribution in [0.5, 0.6) is 0 Å². The van der Waals surface area contributed by atoms with Crippen LogP contribution in [0.4, 0.5) is 4.39 Å². The molecule has 2 N–H and O–H groups in total. The van der Waals surface area contributed by atoms with Crippen molar-refractivity contribution in [3.63, 3.8) is 0 Å². The lowest BCUT2D eigenvalue weighted by molar-refractivity contribution is -0.157. The minimum atomic E-state index is -1.53. The number of H-pyrrole nitrogens is 1. The summed E-state index contributed by atoms with van der Waals surface area (Å²) in [4.78, 5) is 29.7. The first-order valence-electron chi connectivity index (χ1n) is 9.67. The number of ether oxygens (including phenoxy) is 1. The van der Waals surface area contributed by atoms with E-state index in [9.17, 15) is 19.1 Å². The summed E-state index contributed by atoms with van der Waals surface area (Å²) < 4.78 is 20.8. The zero-order valence-corrected chi connectivity index (χ0v) is 16.3. The molecule has 0 spiro atoms. The second kappa shape index (κ2) is 6.08. The van der Waals surface area contributed by atoms with Crippen molar-refractivity contribution in [2.45, 2.75) is 26.2 Å². The molecule has 4 aromatic rings. The summed E-state index contributed by atoms with van der Waals surface area (Å²) in [5.74, 6) is -1.17. The van der Waals surface area contributed by atoms with Crippen molar-refractivity contribution in [2.75, 3.05) is 0 Å². The van der Waals surface area contributed by atoms with Crippen LogP contribution in [-0.4, -0.2) is 30.8 Å². The van der Waals surface area contributed by atoms with Crippen LogP contribution in [-0.2, 0) is 22.7 Å². The summed E-state index contributed by atoms with van der Waals surface area (Å²) in [7, 11) is 0. The average Bonchev–Trinajstić information content (AvgIpc) is 3.39. The van der Waals surface area contributed by atoms with Crippen molar-refractivity contribution >= 4 is 16.9 Å². The Balaban J connectivity index is 1.71. The summed E-state index contributed by atoms with van der Waals surface area (Å²) in [5.41, 5.74) is 4.44. The molecule has 31 heavy (non-hydrogen) atoms. The van der Waals surface area contributed by atoms with E-state index in [1.54, 1.807) is 36.0 Å². The number of halogens is 1. The molecule has 6 rings (SSSR count). The third-order valence-corrected chi connectivity index (χ3v) is 6.02. The maximum absolute atomic E-state index is 14.4.